The number of amides is 1. The molecular formula is C30H27N3O. The Morgan fingerprint density at radius 3 is 2.38 bits per heavy atom. The van der Waals surface area contributed by atoms with Gasteiger partial charge in [-0.25, -0.2) is 0 Å². The first kappa shape index (κ1) is 21.7. The molecule has 0 saturated carbocycles. The maximum Gasteiger partial charge on any atom is 0.231 e. The molecule has 5 aromatic rings. The Morgan fingerprint density at radius 2 is 1.59 bits per heavy atom. The third-order valence-corrected chi connectivity index (χ3v) is 6.38. The van der Waals surface area contributed by atoms with Crippen LogP contribution in [0.15, 0.2) is 97.3 Å². The van der Waals surface area contributed by atoms with Crippen LogP contribution in [0.4, 0.5) is 5.69 Å². The number of hydrogen-bond acceptors (Lipinski definition) is 2. The number of benzene rings is 3. The van der Waals surface area contributed by atoms with Gasteiger partial charge in [0, 0.05) is 41.7 Å². The number of carbonyl (C=O) groups is 1. The van der Waals surface area contributed by atoms with Crippen molar-refractivity contribution >= 4 is 22.5 Å². The van der Waals surface area contributed by atoms with E-state index in [1.807, 2.05) is 62.5 Å². The third kappa shape index (κ3) is 4.35. The van der Waals surface area contributed by atoms with Gasteiger partial charge >= 0.3 is 0 Å². The lowest BCUT2D eigenvalue weighted by Crippen LogP contribution is -2.18. The molecular weight excluding hydrogens is 418 g/mol. The third-order valence-electron chi connectivity index (χ3n) is 6.38. The Hall–Kier alpha value is -4.18. The van der Waals surface area contributed by atoms with Crippen molar-refractivity contribution in [2.24, 2.45) is 7.05 Å². The Bertz CT molecular complexity index is 1480. The molecule has 0 unspecified atom stereocenters. The van der Waals surface area contributed by atoms with Crippen LogP contribution >= 0.6 is 0 Å². The fourth-order valence-electron chi connectivity index (χ4n) is 4.32. The molecule has 1 atom stereocenters. The molecule has 4 heteroatoms. The lowest BCUT2D eigenvalue weighted by molar-refractivity contribution is -0.117. The zero-order chi connectivity index (χ0) is 23.7. The summed E-state index contributed by atoms with van der Waals surface area (Å²) in [5.74, 6) is -0.300. The number of aromatic nitrogens is 2. The van der Waals surface area contributed by atoms with Gasteiger partial charge in [-0.2, -0.15) is 0 Å². The van der Waals surface area contributed by atoms with Gasteiger partial charge in [0.25, 0.3) is 0 Å². The van der Waals surface area contributed by atoms with Crippen LogP contribution in [0.2, 0.25) is 0 Å². The maximum atomic E-state index is 13.0. The second kappa shape index (κ2) is 8.99. The highest BCUT2D eigenvalue weighted by Gasteiger charge is 2.16. The van der Waals surface area contributed by atoms with Gasteiger partial charge in [-0.1, -0.05) is 42.5 Å². The summed E-state index contributed by atoms with van der Waals surface area (Å²) in [7, 11) is 2.05. The topological polar surface area (TPSA) is 46.9 Å². The van der Waals surface area contributed by atoms with Crippen LogP contribution in [0.25, 0.3) is 33.2 Å². The average molecular weight is 446 g/mol. The largest absolute Gasteiger partial charge is 0.351 e. The molecule has 3 aromatic carbocycles. The lowest BCUT2D eigenvalue weighted by atomic mass is 9.95. The summed E-state index contributed by atoms with van der Waals surface area (Å²) in [6.45, 7) is 3.93. The monoisotopic (exact) mass is 445 g/mol. The predicted octanol–water partition coefficient (Wildman–Crippen LogP) is 6.96. The fraction of sp³-hybridized carbons (Fsp3) is 0.133. The first-order chi connectivity index (χ1) is 16.5. The van der Waals surface area contributed by atoms with Gasteiger partial charge in [-0.05, 0) is 84.1 Å². The van der Waals surface area contributed by atoms with Crippen molar-refractivity contribution in [3.63, 3.8) is 0 Å². The van der Waals surface area contributed by atoms with E-state index in [0.717, 1.165) is 39.2 Å². The molecule has 1 amide bonds. The Labute approximate surface area is 199 Å². The normalized spacial score (nSPS) is 12.0. The molecule has 0 saturated heterocycles. The zero-order valence-corrected chi connectivity index (χ0v) is 19.6. The predicted molar refractivity (Wildman–Crippen MR) is 140 cm³/mol. The number of carbonyl (C=O) groups excluding carboxylic acids is 1. The SMILES string of the molecule is Cc1cc(-c2ccc(NC(=O)[C@H](C)c3cccc(-c4ccc5c(ccn5C)c4)c3)cc2)ccn1. The van der Waals surface area contributed by atoms with Crippen molar-refractivity contribution < 1.29 is 4.79 Å². The highest BCUT2D eigenvalue weighted by molar-refractivity contribution is 5.96. The van der Waals surface area contributed by atoms with Crippen molar-refractivity contribution in [2.45, 2.75) is 19.8 Å². The number of rotatable bonds is 5. The average Bonchev–Trinajstić information content (AvgIpc) is 3.24. The highest BCUT2D eigenvalue weighted by Crippen LogP contribution is 2.28. The fourth-order valence-corrected chi connectivity index (χ4v) is 4.32. The van der Waals surface area contributed by atoms with Crippen LogP contribution in [0.5, 0.6) is 0 Å². The van der Waals surface area contributed by atoms with Gasteiger partial charge in [0.05, 0.1) is 5.92 Å². The van der Waals surface area contributed by atoms with E-state index in [1.54, 1.807) is 0 Å². The minimum Gasteiger partial charge on any atom is -0.351 e. The molecule has 168 valence electrons. The molecule has 1 N–H and O–H groups in total. The molecule has 0 aliphatic carbocycles. The number of aryl methyl sites for hydroxylation is 2. The molecule has 0 spiro atoms. The van der Waals surface area contributed by atoms with Crippen LogP contribution in [-0.2, 0) is 11.8 Å². The van der Waals surface area contributed by atoms with Gasteiger partial charge in [-0.15, -0.1) is 0 Å². The minimum absolute atomic E-state index is 0.0248. The molecule has 0 radical (unpaired) electrons. The molecule has 5 rings (SSSR count). The van der Waals surface area contributed by atoms with E-state index in [-0.39, 0.29) is 11.8 Å². The molecule has 0 bridgehead atoms. The number of anilines is 1. The van der Waals surface area contributed by atoms with Crippen molar-refractivity contribution in [3.05, 3.63) is 109 Å². The van der Waals surface area contributed by atoms with Crippen molar-refractivity contribution in [3.8, 4) is 22.3 Å². The number of pyridine rings is 1. The van der Waals surface area contributed by atoms with E-state index in [0.29, 0.717) is 0 Å². The first-order valence-corrected chi connectivity index (χ1v) is 11.5. The van der Waals surface area contributed by atoms with E-state index in [9.17, 15) is 4.79 Å². The van der Waals surface area contributed by atoms with Crippen LogP contribution in [0, 0.1) is 6.92 Å². The maximum absolute atomic E-state index is 13.0. The summed E-state index contributed by atoms with van der Waals surface area (Å²) >= 11 is 0. The smallest absolute Gasteiger partial charge is 0.231 e. The van der Waals surface area contributed by atoms with Gasteiger partial charge in [0.15, 0.2) is 0 Å². The van der Waals surface area contributed by atoms with Crippen molar-refractivity contribution in [2.75, 3.05) is 5.32 Å². The quantitative estimate of drug-likeness (QED) is 0.318. The zero-order valence-electron chi connectivity index (χ0n) is 19.6. The molecule has 2 aromatic heterocycles. The minimum atomic E-state index is -0.275. The molecule has 2 heterocycles. The van der Waals surface area contributed by atoms with Crippen LogP contribution in [0.1, 0.15) is 24.1 Å². The summed E-state index contributed by atoms with van der Waals surface area (Å²) in [5.41, 5.74) is 8.44. The molecule has 0 aliphatic heterocycles. The summed E-state index contributed by atoms with van der Waals surface area (Å²) in [4.78, 5) is 17.3. The number of nitrogens with zero attached hydrogens (tertiary/aromatic N) is 2. The van der Waals surface area contributed by atoms with Crippen LogP contribution in [-0.4, -0.2) is 15.5 Å². The highest BCUT2D eigenvalue weighted by atomic mass is 16.1. The molecule has 0 aliphatic rings. The van der Waals surface area contributed by atoms with E-state index in [2.05, 4.69) is 70.6 Å². The molecule has 0 fully saturated rings. The van der Waals surface area contributed by atoms with Crippen LogP contribution in [0.3, 0.4) is 0 Å². The van der Waals surface area contributed by atoms with Gasteiger partial charge < -0.3 is 9.88 Å². The van der Waals surface area contributed by atoms with E-state index in [1.165, 1.54) is 10.9 Å². The van der Waals surface area contributed by atoms with Gasteiger partial charge in [-0.3, -0.25) is 9.78 Å². The van der Waals surface area contributed by atoms with Crippen molar-refractivity contribution in [1.82, 2.24) is 9.55 Å². The first-order valence-electron chi connectivity index (χ1n) is 11.5. The Balaban J connectivity index is 1.32. The van der Waals surface area contributed by atoms with Gasteiger partial charge in [0.1, 0.15) is 0 Å². The number of hydrogen-bond donors (Lipinski definition) is 1. The van der Waals surface area contributed by atoms with E-state index < -0.39 is 0 Å². The van der Waals surface area contributed by atoms with Crippen LogP contribution < -0.4 is 5.32 Å². The second-order valence-corrected chi connectivity index (χ2v) is 8.80. The summed E-state index contributed by atoms with van der Waals surface area (Å²) < 4.78 is 2.12. The van der Waals surface area contributed by atoms with Gasteiger partial charge in [0.2, 0.25) is 5.91 Å². The Kier molecular flexibility index (Phi) is 5.72. The second-order valence-electron chi connectivity index (χ2n) is 8.80. The molecule has 4 nitrogen and oxygen atoms in total. The summed E-state index contributed by atoms with van der Waals surface area (Å²) in [5, 5.41) is 4.27. The standard InChI is InChI=1S/C30H27N3O/c1-20-17-26(13-15-31-20)22-7-10-28(11-8-22)32-30(34)21(2)23-5-4-6-24(18-23)25-9-12-29-27(19-25)14-16-33(29)3/h4-19,21H,1-3H3,(H,32,34)/t21-/m1/s1. The number of nitrogens with one attached hydrogen (secondary N) is 1. The Morgan fingerprint density at radius 1 is 0.853 bits per heavy atom. The molecule has 34 heavy (non-hydrogen) atoms. The lowest BCUT2D eigenvalue weighted by Gasteiger charge is -2.14. The number of fused-ring (bicyclic) bond motifs is 1. The summed E-state index contributed by atoms with van der Waals surface area (Å²) in [6, 6.07) is 28.8. The summed E-state index contributed by atoms with van der Waals surface area (Å²) in [6.07, 6.45) is 3.88. The van der Waals surface area contributed by atoms with Crippen molar-refractivity contribution in [1.29, 1.82) is 0 Å². The van der Waals surface area contributed by atoms with E-state index >= 15 is 0 Å². The van der Waals surface area contributed by atoms with E-state index in [4.69, 9.17) is 0 Å².